The van der Waals surface area contributed by atoms with Crippen molar-refractivity contribution in [3.8, 4) is 0 Å². The maximum Gasteiger partial charge on any atom is 0.334 e. The van der Waals surface area contributed by atoms with Gasteiger partial charge < -0.3 is 4.74 Å². The molecule has 0 fully saturated rings. The number of aryl methyl sites for hydroxylation is 1. The lowest BCUT2D eigenvalue weighted by Crippen LogP contribution is -2.25. The molecule has 0 amide bonds. The first-order valence-corrected chi connectivity index (χ1v) is 6.87. The number of ether oxygens (including phenoxy) is 1. The fraction of sp³-hybridized carbons (Fsp3) is 0.471. The topological polar surface area (TPSA) is 26.3 Å². The van der Waals surface area contributed by atoms with Crippen molar-refractivity contribution in [3.05, 3.63) is 47.0 Å². The molecule has 0 saturated carbocycles. The molecule has 0 aliphatic heterocycles. The molecule has 0 radical (unpaired) electrons. The number of benzene rings is 1. The summed E-state index contributed by atoms with van der Waals surface area (Å²) in [6.45, 7) is 7.78. The smallest absolute Gasteiger partial charge is 0.334 e. The molecule has 1 unspecified atom stereocenters. The second-order valence-corrected chi connectivity index (χ2v) is 6.20. The minimum Gasteiger partial charge on any atom is -0.457 e. The summed E-state index contributed by atoms with van der Waals surface area (Å²) in [5, 5.41) is 0. The number of esters is 1. The Hall–Kier alpha value is -1.57. The summed E-state index contributed by atoms with van der Waals surface area (Å²) in [4.78, 5) is 12.2. The average Bonchev–Trinajstić information content (AvgIpc) is 2.76. The van der Waals surface area contributed by atoms with Crippen molar-refractivity contribution in [2.24, 2.45) is 0 Å². The van der Waals surface area contributed by atoms with Crippen molar-refractivity contribution >= 4 is 5.97 Å². The molecule has 2 rings (SSSR count). The molecule has 1 atom stereocenters. The van der Waals surface area contributed by atoms with Crippen molar-refractivity contribution < 1.29 is 9.53 Å². The predicted molar refractivity (Wildman–Crippen MR) is 77.1 cm³/mol. The van der Waals surface area contributed by atoms with Crippen molar-refractivity contribution in [2.75, 3.05) is 0 Å². The second-order valence-electron chi connectivity index (χ2n) is 6.20. The minimum absolute atomic E-state index is 0.171. The molecule has 0 spiro atoms. The maximum absolute atomic E-state index is 12.2. The van der Waals surface area contributed by atoms with Crippen molar-refractivity contribution in [1.29, 1.82) is 0 Å². The maximum atomic E-state index is 12.2. The van der Waals surface area contributed by atoms with E-state index < -0.39 is 5.60 Å². The standard InChI is InChI=1S/C17H22O2/c1-12-8-10-13(11-9-12)14-6-5-7-15(14)16(18)19-17(2,3)4/h7-11,14H,5-6H2,1-4H3. The Morgan fingerprint density at radius 1 is 1.21 bits per heavy atom. The summed E-state index contributed by atoms with van der Waals surface area (Å²) in [5.41, 5.74) is 2.83. The molecule has 1 aromatic carbocycles. The first kappa shape index (κ1) is 13.9. The first-order valence-electron chi connectivity index (χ1n) is 6.87. The zero-order valence-corrected chi connectivity index (χ0v) is 12.2. The summed E-state index contributed by atoms with van der Waals surface area (Å²) in [6.07, 6.45) is 3.98. The largest absolute Gasteiger partial charge is 0.457 e. The molecule has 1 aliphatic rings. The van der Waals surface area contributed by atoms with Crippen LogP contribution in [0.25, 0.3) is 0 Å². The second kappa shape index (κ2) is 5.20. The van der Waals surface area contributed by atoms with E-state index in [9.17, 15) is 4.79 Å². The molecule has 2 nitrogen and oxygen atoms in total. The van der Waals surface area contributed by atoms with Crippen LogP contribution in [0.5, 0.6) is 0 Å². The molecule has 1 aromatic rings. The fourth-order valence-corrected chi connectivity index (χ4v) is 2.41. The van der Waals surface area contributed by atoms with Crippen LogP contribution in [0.15, 0.2) is 35.9 Å². The van der Waals surface area contributed by atoms with Gasteiger partial charge in [-0.3, -0.25) is 0 Å². The van der Waals surface area contributed by atoms with Gasteiger partial charge in [-0.25, -0.2) is 4.79 Å². The Morgan fingerprint density at radius 2 is 1.84 bits per heavy atom. The first-order chi connectivity index (χ1) is 8.87. The third-order valence-electron chi connectivity index (χ3n) is 3.31. The van der Waals surface area contributed by atoms with Crippen LogP contribution < -0.4 is 0 Å². The van der Waals surface area contributed by atoms with E-state index in [4.69, 9.17) is 4.74 Å². The molecule has 0 aromatic heterocycles. The Labute approximate surface area is 115 Å². The minimum atomic E-state index is -0.432. The SMILES string of the molecule is Cc1ccc(C2CCC=C2C(=O)OC(C)(C)C)cc1. The van der Waals surface area contributed by atoms with E-state index in [0.717, 1.165) is 18.4 Å². The van der Waals surface area contributed by atoms with Gasteiger partial charge in [-0.2, -0.15) is 0 Å². The highest BCUT2D eigenvalue weighted by Crippen LogP contribution is 2.36. The molecule has 1 aliphatic carbocycles. The molecule has 0 heterocycles. The lowest BCUT2D eigenvalue weighted by molar-refractivity contribution is -0.150. The van der Waals surface area contributed by atoms with Crippen molar-refractivity contribution in [1.82, 2.24) is 0 Å². The van der Waals surface area contributed by atoms with Gasteiger partial charge in [0.1, 0.15) is 5.60 Å². The lowest BCUT2D eigenvalue weighted by atomic mass is 9.92. The van der Waals surface area contributed by atoms with E-state index in [1.54, 1.807) is 0 Å². The molecular formula is C17H22O2. The van der Waals surface area contributed by atoms with Crippen LogP contribution in [0.1, 0.15) is 50.7 Å². The highest BCUT2D eigenvalue weighted by molar-refractivity contribution is 5.91. The van der Waals surface area contributed by atoms with E-state index in [1.807, 2.05) is 26.8 Å². The highest BCUT2D eigenvalue weighted by atomic mass is 16.6. The number of hydrogen-bond donors (Lipinski definition) is 0. The summed E-state index contributed by atoms with van der Waals surface area (Å²) in [6, 6.07) is 8.42. The molecular weight excluding hydrogens is 236 g/mol. The zero-order chi connectivity index (χ0) is 14.0. The summed E-state index contributed by atoms with van der Waals surface area (Å²) in [7, 11) is 0. The number of hydrogen-bond acceptors (Lipinski definition) is 2. The van der Waals surface area contributed by atoms with E-state index in [1.165, 1.54) is 11.1 Å². The predicted octanol–water partition coefficient (Wildman–Crippen LogP) is 4.14. The van der Waals surface area contributed by atoms with Gasteiger partial charge in [0.05, 0.1) is 0 Å². The molecule has 0 N–H and O–H groups in total. The summed E-state index contributed by atoms with van der Waals surface area (Å²) in [5.74, 6) is 0.0195. The molecule has 2 heteroatoms. The van der Waals surface area contributed by atoms with Gasteiger partial charge in [0.15, 0.2) is 0 Å². The van der Waals surface area contributed by atoms with E-state index >= 15 is 0 Å². The average molecular weight is 258 g/mol. The Bertz CT molecular complexity index is 489. The van der Waals surface area contributed by atoms with Gasteiger partial charge >= 0.3 is 5.97 Å². The van der Waals surface area contributed by atoms with Crippen LogP contribution in [0.2, 0.25) is 0 Å². The van der Waals surface area contributed by atoms with Crippen LogP contribution in [-0.4, -0.2) is 11.6 Å². The van der Waals surface area contributed by atoms with Gasteiger partial charge in [-0.1, -0.05) is 35.9 Å². The van der Waals surface area contributed by atoms with Crippen LogP contribution in [0.3, 0.4) is 0 Å². The fourth-order valence-electron chi connectivity index (χ4n) is 2.41. The zero-order valence-electron chi connectivity index (χ0n) is 12.2. The van der Waals surface area contributed by atoms with Crippen LogP contribution in [0.4, 0.5) is 0 Å². The molecule has 102 valence electrons. The van der Waals surface area contributed by atoms with Crippen LogP contribution in [-0.2, 0) is 9.53 Å². The van der Waals surface area contributed by atoms with Gasteiger partial charge in [0.25, 0.3) is 0 Å². The quantitative estimate of drug-likeness (QED) is 0.745. The number of carbonyl (C=O) groups is 1. The van der Waals surface area contributed by atoms with E-state index in [-0.39, 0.29) is 11.9 Å². The van der Waals surface area contributed by atoms with Crippen molar-refractivity contribution in [2.45, 2.75) is 52.1 Å². The van der Waals surface area contributed by atoms with Crippen LogP contribution in [0, 0.1) is 6.92 Å². The third-order valence-corrected chi connectivity index (χ3v) is 3.31. The number of carbonyl (C=O) groups excluding carboxylic acids is 1. The summed E-state index contributed by atoms with van der Waals surface area (Å²) >= 11 is 0. The Morgan fingerprint density at radius 3 is 2.42 bits per heavy atom. The van der Waals surface area contributed by atoms with Crippen molar-refractivity contribution in [3.63, 3.8) is 0 Å². The third kappa shape index (κ3) is 3.46. The number of rotatable bonds is 2. The number of allylic oxidation sites excluding steroid dienone is 1. The Kier molecular flexibility index (Phi) is 3.79. The van der Waals surface area contributed by atoms with E-state index in [2.05, 4.69) is 31.2 Å². The Balaban J connectivity index is 2.17. The van der Waals surface area contributed by atoms with Gasteiger partial charge in [0, 0.05) is 11.5 Å². The molecule has 0 bridgehead atoms. The highest BCUT2D eigenvalue weighted by Gasteiger charge is 2.29. The normalized spacial score (nSPS) is 19.2. The van der Waals surface area contributed by atoms with E-state index in [0.29, 0.717) is 0 Å². The molecule has 19 heavy (non-hydrogen) atoms. The lowest BCUT2D eigenvalue weighted by Gasteiger charge is -2.22. The van der Waals surface area contributed by atoms with Crippen LogP contribution >= 0.6 is 0 Å². The van der Waals surface area contributed by atoms with Gasteiger partial charge in [0.2, 0.25) is 0 Å². The van der Waals surface area contributed by atoms with Gasteiger partial charge in [-0.05, 0) is 46.1 Å². The monoisotopic (exact) mass is 258 g/mol. The van der Waals surface area contributed by atoms with Gasteiger partial charge in [-0.15, -0.1) is 0 Å². The summed E-state index contributed by atoms with van der Waals surface area (Å²) < 4.78 is 5.49. The molecule has 0 saturated heterocycles.